The van der Waals surface area contributed by atoms with Crippen molar-refractivity contribution in [2.45, 2.75) is 128 Å². The van der Waals surface area contributed by atoms with E-state index in [9.17, 15) is 18.7 Å². The maximum atomic E-state index is 12.9. The lowest BCUT2D eigenvalue weighted by molar-refractivity contribution is -0.159. The number of rotatable bonds is 17. The molecule has 36 heavy (non-hydrogen) atoms. The van der Waals surface area contributed by atoms with Crippen molar-refractivity contribution in [2.75, 3.05) is 25.5 Å². The van der Waals surface area contributed by atoms with Gasteiger partial charge in [-0.3, -0.25) is 0 Å². The Morgan fingerprint density at radius 3 is 1.78 bits per heavy atom. The van der Waals surface area contributed by atoms with Crippen LogP contribution in [-0.2, 0) is 37.5 Å². The highest BCUT2D eigenvalue weighted by Crippen LogP contribution is 2.43. The Morgan fingerprint density at radius 2 is 1.25 bits per heavy atom. The van der Waals surface area contributed by atoms with Gasteiger partial charge in [-0.05, 0) is 81.6 Å². The normalized spacial score (nSPS) is 19.8. The highest BCUT2D eigenvalue weighted by molar-refractivity contribution is 7.46. The van der Waals surface area contributed by atoms with Crippen molar-refractivity contribution in [3.05, 3.63) is 0 Å². The predicted octanol–water partition coefficient (Wildman–Crippen LogP) is 7.03. The first-order chi connectivity index (χ1) is 17.3. The quantitative estimate of drug-likeness (QED) is 0.108. The van der Waals surface area contributed by atoms with Gasteiger partial charge in [-0.15, -0.1) is 4.52 Å². The molecule has 0 aromatic carbocycles. The SMILES string of the molecule is CCC(C)(OCC(=O)OC1CCCCC1)[P+](=O)CCCCCC[P+](=O)OCC(=O)OC1CCCCC1. The van der Waals surface area contributed by atoms with Crippen molar-refractivity contribution in [3.63, 3.8) is 0 Å². The summed E-state index contributed by atoms with van der Waals surface area (Å²) in [7, 11) is -3.53. The van der Waals surface area contributed by atoms with Crippen LogP contribution in [0.15, 0.2) is 0 Å². The zero-order valence-corrected chi connectivity index (χ0v) is 24.0. The summed E-state index contributed by atoms with van der Waals surface area (Å²) in [6, 6.07) is 0. The van der Waals surface area contributed by atoms with Crippen LogP contribution in [-0.4, -0.2) is 55.0 Å². The molecular weight excluding hydrogens is 502 g/mol. The molecule has 0 aromatic heterocycles. The molecule has 2 aliphatic rings. The van der Waals surface area contributed by atoms with Crippen molar-refractivity contribution < 1.29 is 37.5 Å². The Bertz CT molecular complexity index is 704. The van der Waals surface area contributed by atoms with E-state index in [1.54, 1.807) is 6.92 Å². The van der Waals surface area contributed by atoms with Gasteiger partial charge < -0.3 is 14.2 Å². The average Bonchev–Trinajstić information content (AvgIpc) is 2.89. The molecule has 0 aliphatic heterocycles. The largest absolute Gasteiger partial charge is 0.508 e. The van der Waals surface area contributed by atoms with Crippen LogP contribution in [0.2, 0.25) is 0 Å². The zero-order chi connectivity index (χ0) is 26.2. The summed E-state index contributed by atoms with van der Waals surface area (Å²) in [6.45, 7) is 3.31. The number of esters is 2. The molecule has 206 valence electrons. The van der Waals surface area contributed by atoms with E-state index in [1.165, 1.54) is 12.8 Å². The molecule has 0 heterocycles. The lowest BCUT2D eigenvalue weighted by Crippen LogP contribution is -2.30. The number of carbonyl (C=O) groups is 2. The minimum absolute atomic E-state index is 0.00702. The number of hydrogen-bond donors (Lipinski definition) is 0. The van der Waals surface area contributed by atoms with Crippen LogP contribution >= 0.6 is 15.8 Å². The van der Waals surface area contributed by atoms with E-state index in [-0.39, 0.29) is 31.4 Å². The first-order valence-corrected chi connectivity index (χ1v) is 16.7. The van der Waals surface area contributed by atoms with Gasteiger partial charge in [0.05, 0.1) is 0 Å². The third-order valence-corrected chi connectivity index (χ3v) is 10.5. The van der Waals surface area contributed by atoms with Crippen LogP contribution in [0.5, 0.6) is 0 Å². The fraction of sp³-hybridized carbons (Fsp3) is 0.923. The highest BCUT2D eigenvalue weighted by Gasteiger charge is 2.43. The Kier molecular flexibility index (Phi) is 15.2. The summed E-state index contributed by atoms with van der Waals surface area (Å²) in [5.74, 6) is -0.805. The van der Waals surface area contributed by atoms with Crippen molar-refractivity contribution in [3.8, 4) is 0 Å². The Labute approximate surface area is 218 Å². The van der Waals surface area contributed by atoms with E-state index in [2.05, 4.69) is 0 Å². The Balaban J connectivity index is 1.52. The lowest BCUT2D eigenvalue weighted by Gasteiger charge is -2.23. The van der Waals surface area contributed by atoms with Crippen molar-refractivity contribution in [2.24, 2.45) is 0 Å². The third-order valence-electron chi connectivity index (χ3n) is 7.16. The first-order valence-electron chi connectivity index (χ1n) is 13.9. The molecule has 2 saturated carbocycles. The molecule has 0 saturated heterocycles. The third kappa shape index (κ3) is 12.5. The predicted molar refractivity (Wildman–Crippen MR) is 140 cm³/mol. The molecule has 0 radical (unpaired) electrons. The van der Waals surface area contributed by atoms with E-state index in [0.29, 0.717) is 18.7 Å². The summed E-state index contributed by atoms with van der Waals surface area (Å²) in [4.78, 5) is 24.0. The number of ether oxygens (including phenoxy) is 3. The van der Waals surface area contributed by atoms with Crippen LogP contribution in [0, 0.1) is 0 Å². The van der Waals surface area contributed by atoms with Gasteiger partial charge >= 0.3 is 27.8 Å². The summed E-state index contributed by atoms with van der Waals surface area (Å²) in [5, 5.41) is -0.843. The maximum Gasteiger partial charge on any atom is 0.508 e. The van der Waals surface area contributed by atoms with Gasteiger partial charge in [0.1, 0.15) is 25.0 Å². The monoisotopic (exact) mass is 548 g/mol. The van der Waals surface area contributed by atoms with E-state index < -0.39 is 27.1 Å². The minimum atomic E-state index is -1.88. The van der Waals surface area contributed by atoms with Gasteiger partial charge in [-0.2, -0.15) is 0 Å². The molecule has 10 heteroatoms. The smallest absolute Gasteiger partial charge is 0.461 e. The molecule has 8 nitrogen and oxygen atoms in total. The number of unbranched alkanes of at least 4 members (excludes halogenated alkanes) is 3. The molecule has 3 unspecified atom stereocenters. The van der Waals surface area contributed by atoms with Crippen LogP contribution in [0.4, 0.5) is 0 Å². The van der Waals surface area contributed by atoms with Gasteiger partial charge in [-0.1, -0.05) is 24.3 Å². The molecule has 3 atom stereocenters. The van der Waals surface area contributed by atoms with Gasteiger partial charge in [0.25, 0.3) is 5.34 Å². The summed E-state index contributed by atoms with van der Waals surface area (Å²) < 4.78 is 46.8. The fourth-order valence-corrected chi connectivity index (χ4v) is 7.05. The Morgan fingerprint density at radius 1 is 0.750 bits per heavy atom. The summed E-state index contributed by atoms with van der Waals surface area (Å²) in [5.41, 5.74) is 0. The molecule has 2 aliphatic carbocycles. The standard InChI is InChI=1S/C26H46O8P2/c1-3-26(2,31-20-24(27)33-22-14-8-6-9-15-22)35(29)18-12-4-5-13-19-36(30)32-21-25(28)34-23-16-10-7-11-17-23/h22-23H,3-21H2,1-2H3/q+2. The van der Waals surface area contributed by atoms with E-state index >= 15 is 0 Å². The number of carbonyl (C=O) groups excluding carboxylic acids is 2. The fourth-order valence-electron chi connectivity index (χ4n) is 4.65. The van der Waals surface area contributed by atoms with Crippen LogP contribution < -0.4 is 0 Å². The Hall–Kier alpha value is -0.940. The van der Waals surface area contributed by atoms with Gasteiger partial charge in [-0.25, -0.2) is 9.59 Å². The summed E-state index contributed by atoms with van der Waals surface area (Å²) in [6.07, 6.45) is 15.0. The van der Waals surface area contributed by atoms with Gasteiger partial charge in [0.2, 0.25) is 0 Å². The molecule has 0 amide bonds. The second-order valence-electron chi connectivity index (χ2n) is 10.2. The summed E-state index contributed by atoms with van der Waals surface area (Å²) >= 11 is 0. The van der Waals surface area contributed by atoms with Crippen LogP contribution in [0.1, 0.15) is 110 Å². The molecule has 0 spiro atoms. The van der Waals surface area contributed by atoms with Crippen LogP contribution in [0.3, 0.4) is 0 Å². The highest BCUT2D eigenvalue weighted by atomic mass is 31.1. The molecule has 0 aromatic rings. The molecule has 0 bridgehead atoms. The van der Waals surface area contributed by atoms with Crippen molar-refractivity contribution in [1.82, 2.24) is 0 Å². The molecule has 2 rings (SSSR count). The van der Waals surface area contributed by atoms with Gasteiger partial charge in [0.15, 0.2) is 12.8 Å². The first kappa shape index (κ1) is 31.3. The number of hydrogen-bond acceptors (Lipinski definition) is 8. The van der Waals surface area contributed by atoms with E-state index in [1.807, 2.05) is 6.92 Å². The second kappa shape index (κ2) is 17.5. The van der Waals surface area contributed by atoms with E-state index in [0.717, 1.165) is 77.0 Å². The van der Waals surface area contributed by atoms with Crippen molar-refractivity contribution in [1.29, 1.82) is 0 Å². The van der Waals surface area contributed by atoms with E-state index in [4.69, 9.17) is 18.7 Å². The van der Waals surface area contributed by atoms with Crippen LogP contribution in [0.25, 0.3) is 0 Å². The average molecular weight is 549 g/mol. The van der Waals surface area contributed by atoms with Crippen molar-refractivity contribution >= 4 is 27.8 Å². The molecule has 2 fully saturated rings. The maximum absolute atomic E-state index is 12.9. The molecular formula is C26H46O8P2+2. The minimum Gasteiger partial charge on any atom is -0.461 e. The topological polar surface area (TPSA) is 105 Å². The zero-order valence-electron chi connectivity index (χ0n) is 22.3. The lowest BCUT2D eigenvalue weighted by atomic mass is 9.98. The molecule has 0 N–H and O–H groups in total. The second-order valence-corrected chi connectivity index (χ2v) is 13.7. The van der Waals surface area contributed by atoms with Gasteiger partial charge in [0, 0.05) is 13.3 Å².